The maximum Gasteiger partial charge on any atom is 0.221 e. The van der Waals surface area contributed by atoms with Gasteiger partial charge in [-0.3, -0.25) is 4.79 Å². The maximum atomic E-state index is 11.0. The maximum absolute atomic E-state index is 11.0. The van der Waals surface area contributed by atoms with E-state index in [0.717, 1.165) is 32.0 Å². The second kappa shape index (κ2) is 6.96. The number of hydrogen-bond acceptors (Lipinski definition) is 2. The van der Waals surface area contributed by atoms with Gasteiger partial charge in [0.2, 0.25) is 5.91 Å². The van der Waals surface area contributed by atoms with Crippen molar-refractivity contribution in [2.75, 3.05) is 10.6 Å². The van der Waals surface area contributed by atoms with Gasteiger partial charge in [-0.05, 0) is 58.2 Å². The Kier molecular flexibility index (Phi) is 5.26. The summed E-state index contributed by atoms with van der Waals surface area (Å²) >= 11 is 9.66. The summed E-state index contributed by atoms with van der Waals surface area (Å²) in [5.74, 6) is -0.0703. The third kappa shape index (κ3) is 4.48. The Bertz CT molecular complexity index is 656. The molecule has 0 bridgehead atoms. The minimum Gasteiger partial charge on any atom is -0.380 e. The predicted octanol–water partition coefficient (Wildman–Crippen LogP) is 4.98. The van der Waals surface area contributed by atoms with Gasteiger partial charge in [-0.1, -0.05) is 23.7 Å². The summed E-state index contributed by atoms with van der Waals surface area (Å²) < 4.78 is 0.985. The molecule has 0 atom stereocenters. The van der Waals surface area contributed by atoms with E-state index in [4.69, 9.17) is 11.6 Å². The molecule has 0 aliphatic carbocycles. The largest absolute Gasteiger partial charge is 0.380 e. The fourth-order valence-corrected chi connectivity index (χ4v) is 2.65. The lowest BCUT2D eigenvalue weighted by molar-refractivity contribution is -0.114. The van der Waals surface area contributed by atoms with Crippen LogP contribution in [0.5, 0.6) is 0 Å². The van der Waals surface area contributed by atoms with Gasteiger partial charge in [0.25, 0.3) is 0 Å². The van der Waals surface area contributed by atoms with Crippen LogP contribution in [-0.4, -0.2) is 5.91 Å². The van der Waals surface area contributed by atoms with Gasteiger partial charge in [0.15, 0.2) is 0 Å². The van der Waals surface area contributed by atoms with Crippen LogP contribution in [0.2, 0.25) is 5.02 Å². The first-order valence-electron chi connectivity index (χ1n) is 6.52. The Morgan fingerprint density at radius 3 is 2.52 bits per heavy atom. The summed E-state index contributed by atoms with van der Waals surface area (Å²) in [7, 11) is 0. The second-order valence-corrected chi connectivity index (χ2v) is 6.07. The van der Waals surface area contributed by atoms with Gasteiger partial charge in [0.05, 0.1) is 5.69 Å². The molecule has 2 aromatic rings. The standard InChI is InChI=1S/C16H16BrClN2O/c1-10-7-14(17)16(8-15(10)18)19-9-12-3-5-13(6-4-12)20-11(2)21/h3-8,19H,9H2,1-2H3,(H,20,21). The van der Waals surface area contributed by atoms with Crippen molar-refractivity contribution in [1.29, 1.82) is 0 Å². The van der Waals surface area contributed by atoms with Crippen LogP contribution >= 0.6 is 27.5 Å². The number of rotatable bonds is 4. The predicted molar refractivity (Wildman–Crippen MR) is 92.0 cm³/mol. The molecule has 1 amide bonds. The molecule has 0 unspecified atom stereocenters. The van der Waals surface area contributed by atoms with E-state index >= 15 is 0 Å². The number of amides is 1. The van der Waals surface area contributed by atoms with Crippen LogP contribution in [0.3, 0.4) is 0 Å². The number of aryl methyl sites for hydroxylation is 1. The van der Waals surface area contributed by atoms with E-state index in [1.165, 1.54) is 6.92 Å². The molecule has 5 heteroatoms. The highest BCUT2D eigenvalue weighted by Gasteiger charge is 2.04. The van der Waals surface area contributed by atoms with Gasteiger partial charge < -0.3 is 10.6 Å². The van der Waals surface area contributed by atoms with E-state index in [0.29, 0.717) is 6.54 Å². The molecular formula is C16H16BrClN2O. The molecule has 110 valence electrons. The number of benzene rings is 2. The molecule has 2 aromatic carbocycles. The smallest absolute Gasteiger partial charge is 0.221 e. The Morgan fingerprint density at radius 2 is 1.90 bits per heavy atom. The Labute approximate surface area is 137 Å². The average Bonchev–Trinajstić information content (AvgIpc) is 2.42. The molecule has 0 spiro atoms. The van der Waals surface area contributed by atoms with E-state index < -0.39 is 0 Å². The molecule has 3 nitrogen and oxygen atoms in total. The molecule has 0 aromatic heterocycles. The van der Waals surface area contributed by atoms with E-state index in [2.05, 4.69) is 26.6 Å². The van der Waals surface area contributed by atoms with Crippen molar-refractivity contribution < 1.29 is 4.79 Å². The van der Waals surface area contributed by atoms with Crippen LogP contribution in [0.4, 0.5) is 11.4 Å². The quantitative estimate of drug-likeness (QED) is 0.800. The van der Waals surface area contributed by atoms with Crippen molar-refractivity contribution in [3.8, 4) is 0 Å². The van der Waals surface area contributed by atoms with E-state index in [1.54, 1.807) is 0 Å². The SMILES string of the molecule is CC(=O)Nc1ccc(CNc2cc(Cl)c(C)cc2Br)cc1. The highest BCUT2D eigenvalue weighted by atomic mass is 79.9. The van der Waals surface area contributed by atoms with Crippen LogP contribution in [0.25, 0.3) is 0 Å². The third-order valence-corrected chi connectivity index (χ3v) is 4.07. The van der Waals surface area contributed by atoms with Gasteiger partial charge in [0, 0.05) is 28.7 Å². The molecule has 2 rings (SSSR count). The van der Waals surface area contributed by atoms with Gasteiger partial charge in [-0.25, -0.2) is 0 Å². The number of carbonyl (C=O) groups is 1. The zero-order chi connectivity index (χ0) is 15.4. The van der Waals surface area contributed by atoms with Crippen LogP contribution < -0.4 is 10.6 Å². The highest BCUT2D eigenvalue weighted by molar-refractivity contribution is 9.10. The Hall–Kier alpha value is -1.52. The number of anilines is 2. The van der Waals surface area contributed by atoms with Crippen molar-refractivity contribution in [3.63, 3.8) is 0 Å². The molecule has 0 heterocycles. The number of halogens is 2. The first kappa shape index (κ1) is 15.9. The summed E-state index contributed by atoms with van der Waals surface area (Å²) in [5, 5.41) is 6.82. The van der Waals surface area contributed by atoms with Gasteiger partial charge in [-0.15, -0.1) is 0 Å². The fourth-order valence-electron chi connectivity index (χ4n) is 1.89. The normalized spacial score (nSPS) is 10.3. The average molecular weight is 368 g/mol. The van der Waals surface area contributed by atoms with Crippen LogP contribution in [0.1, 0.15) is 18.1 Å². The van der Waals surface area contributed by atoms with Crippen LogP contribution in [0, 0.1) is 6.92 Å². The summed E-state index contributed by atoms with van der Waals surface area (Å²) in [5.41, 5.74) is 3.91. The fraction of sp³-hybridized carbons (Fsp3) is 0.188. The van der Waals surface area contributed by atoms with Crippen molar-refractivity contribution >= 4 is 44.8 Å². The molecule has 2 N–H and O–H groups in total. The minimum absolute atomic E-state index is 0.0703. The van der Waals surface area contributed by atoms with Gasteiger partial charge in [0.1, 0.15) is 0 Å². The Morgan fingerprint density at radius 1 is 1.24 bits per heavy atom. The van der Waals surface area contributed by atoms with E-state index in [-0.39, 0.29) is 5.91 Å². The lowest BCUT2D eigenvalue weighted by Gasteiger charge is -2.11. The first-order chi connectivity index (χ1) is 9.95. The molecule has 0 aliphatic rings. The molecule has 0 radical (unpaired) electrons. The minimum atomic E-state index is -0.0703. The summed E-state index contributed by atoms with van der Waals surface area (Å²) in [6.45, 7) is 4.14. The lowest BCUT2D eigenvalue weighted by atomic mass is 10.2. The van der Waals surface area contributed by atoms with Gasteiger partial charge >= 0.3 is 0 Å². The number of carbonyl (C=O) groups excluding carboxylic acids is 1. The van der Waals surface area contributed by atoms with Crippen molar-refractivity contribution in [1.82, 2.24) is 0 Å². The molecule has 0 saturated heterocycles. The summed E-state index contributed by atoms with van der Waals surface area (Å²) in [6, 6.07) is 11.6. The topological polar surface area (TPSA) is 41.1 Å². The zero-order valence-electron chi connectivity index (χ0n) is 11.8. The molecule has 0 saturated carbocycles. The third-order valence-electron chi connectivity index (χ3n) is 3.01. The van der Waals surface area contributed by atoms with Crippen LogP contribution in [-0.2, 0) is 11.3 Å². The highest BCUT2D eigenvalue weighted by Crippen LogP contribution is 2.29. The molecular weight excluding hydrogens is 352 g/mol. The number of hydrogen-bond donors (Lipinski definition) is 2. The first-order valence-corrected chi connectivity index (χ1v) is 7.69. The lowest BCUT2D eigenvalue weighted by Crippen LogP contribution is -2.06. The van der Waals surface area contributed by atoms with Crippen LogP contribution in [0.15, 0.2) is 40.9 Å². The number of nitrogens with one attached hydrogen (secondary N) is 2. The van der Waals surface area contributed by atoms with Gasteiger partial charge in [-0.2, -0.15) is 0 Å². The zero-order valence-corrected chi connectivity index (χ0v) is 14.2. The van der Waals surface area contributed by atoms with Crippen molar-refractivity contribution in [2.24, 2.45) is 0 Å². The second-order valence-electron chi connectivity index (χ2n) is 4.81. The van der Waals surface area contributed by atoms with Crippen molar-refractivity contribution in [2.45, 2.75) is 20.4 Å². The molecule has 0 fully saturated rings. The van der Waals surface area contributed by atoms with Crippen molar-refractivity contribution in [3.05, 3.63) is 57.0 Å². The Balaban J connectivity index is 2.03. The monoisotopic (exact) mass is 366 g/mol. The summed E-state index contributed by atoms with van der Waals surface area (Å²) in [4.78, 5) is 11.0. The van der Waals surface area contributed by atoms with E-state index in [9.17, 15) is 4.79 Å². The van der Waals surface area contributed by atoms with E-state index in [1.807, 2.05) is 43.3 Å². The summed E-state index contributed by atoms with van der Waals surface area (Å²) in [6.07, 6.45) is 0. The molecule has 21 heavy (non-hydrogen) atoms. The molecule has 0 aliphatic heterocycles.